The summed E-state index contributed by atoms with van der Waals surface area (Å²) in [6.07, 6.45) is 1.51. The van der Waals surface area contributed by atoms with Gasteiger partial charge in [-0.2, -0.15) is 14.6 Å². The lowest BCUT2D eigenvalue weighted by Crippen LogP contribution is -2.14. The fourth-order valence-corrected chi connectivity index (χ4v) is 1.33. The van der Waals surface area contributed by atoms with Crippen LogP contribution in [0.25, 0.3) is 5.78 Å². The van der Waals surface area contributed by atoms with Crippen molar-refractivity contribution in [2.24, 2.45) is 0 Å². The molecule has 0 amide bonds. The molecule has 0 aliphatic rings. The first-order chi connectivity index (χ1) is 6.66. The second-order valence-corrected chi connectivity index (χ2v) is 3.55. The van der Waals surface area contributed by atoms with Gasteiger partial charge in [-0.3, -0.25) is 0 Å². The minimum absolute atomic E-state index is 0.365. The molecule has 0 saturated heterocycles. The van der Waals surface area contributed by atoms with E-state index in [1.54, 1.807) is 4.52 Å². The fourth-order valence-electron chi connectivity index (χ4n) is 1.33. The van der Waals surface area contributed by atoms with Gasteiger partial charge in [0.25, 0.3) is 5.78 Å². The molecular formula is C9H13N5. The average Bonchev–Trinajstić information content (AvgIpc) is 2.50. The molecular weight excluding hydrogens is 178 g/mol. The second-order valence-electron chi connectivity index (χ2n) is 3.55. The van der Waals surface area contributed by atoms with Crippen molar-refractivity contribution in [1.82, 2.24) is 19.6 Å². The second kappa shape index (κ2) is 3.25. The summed E-state index contributed by atoms with van der Waals surface area (Å²) in [5.74, 6) is 1.56. The molecule has 2 rings (SSSR count). The van der Waals surface area contributed by atoms with Gasteiger partial charge in [0.1, 0.15) is 12.1 Å². The summed E-state index contributed by atoms with van der Waals surface area (Å²) in [6.45, 7) is 6.11. The maximum absolute atomic E-state index is 4.25. The van der Waals surface area contributed by atoms with Crippen LogP contribution in [0, 0.1) is 6.92 Å². The molecule has 14 heavy (non-hydrogen) atoms. The van der Waals surface area contributed by atoms with Gasteiger partial charge in [0.2, 0.25) is 0 Å². The minimum atomic E-state index is 0.365. The molecule has 0 fully saturated rings. The molecule has 2 aromatic heterocycles. The van der Waals surface area contributed by atoms with Crippen LogP contribution in [0.4, 0.5) is 5.82 Å². The van der Waals surface area contributed by atoms with Gasteiger partial charge in [-0.25, -0.2) is 4.98 Å². The van der Waals surface area contributed by atoms with E-state index in [2.05, 4.69) is 34.2 Å². The Morgan fingerprint density at radius 2 is 2.21 bits per heavy atom. The number of hydrogen-bond acceptors (Lipinski definition) is 4. The van der Waals surface area contributed by atoms with E-state index in [1.807, 2.05) is 13.0 Å². The molecule has 2 heterocycles. The van der Waals surface area contributed by atoms with Crippen molar-refractivity contribution < 1.29 is 0 Å². The third-order valence-corrected chi connectivity index (χ3v) is 1.82. The number of nitrogens with one attached hydrogen (secondary N) is 1. The SMILES string of the molecule is Cc1cc(NC(C)C)n2ncnc2n1. The third-order valence-electron chi connectivity index (χ3n) is 1.82. The monoisotopic (exact) mass is 191 g/mol. The van der Waals surface area contributed by atoms with Gasteiger partial charge >= 0.3 is 0 Å². The summed E-state index contributed by atoms with van der Waals surface area (Å²) < 4.78 is 1.70. The van der Waals surface area contributed by atoms with E-state index in [9.17, 15) is 0 Å². The van der Waals surface area contributed by atoms with E-state index < -0.39 is 0 Å². The van der Waals surface area contributed by atoms with Crippen LogP contribution >= 0.6 is 0 Å². The topological polar surface area (TPSA) is 55.1 Å². The Morgan fingerprint density at radius 1 is 1.43 bits per heavy atom. The van der Waals surface area contributed by atoms with Gasteiger partial charge in [-0.1, -0.05) is 0 Å². The largest absolute Gasteiger partial charge is 0.368 e. The Hall–Kier alpha value is -1.65. The molecule has 0 bridgehead atoms. The first kappa shape index (κ1) is 8.93. The molecule has 0 aliphatic carbocycles. The number of aryl methyl sites for hydroxylation is 1. The third kappa shape index (κ3) is 1.53. The molecule has 5 nitrogen and oxygen atoms in total. The van der Waals surface area contributed by atoms with Crippen LogP contribution < -0.4 is 5.32 Å². The van der Waals surface area contributed by atoms with Gasteiger partial charge in [0, 0.05) is 17.8 Å². The van der Waals surface area contributed by atoms with Crippen LogP contribution in [0.3, 0.4) is 0 Å². The number of anilines is 1. The Bertz CT molecular complexity index is 445. The number of hydrogen-bond donors (Lipinski definition) is 1. The van der Waals surface area contributed by atoms with Gasteiger partial charge in [-0.05, 0) is 20.8 Å². The van der Waals surface area contributed by atoms with E-state index in [0.29, 0.717) is 11.8 Å². The fraction of sp³-hybridized carbons (Fsp3) is 0.444. The zero-order chi connectivity index (χ0) is 10.1. The smallest absolute Gasteiger partial charge is 0.254 e. The summed E-state index contributed by atoms with van der Waals surface area (Å²) >= 11 is 0. The lowest BCUT2D eigenvalue weighted by molar-refractivity contribution is 0.848. The van der Waals surface area contributed by atoms with Crippen molar-refractivity contribution in [2.75, 3.05) is 5.32 Å². The molecule has 0 saturated carbocycles. The molecule has 2 aromatic rings. The molecule has 0 aliphatic heterocycles. The van der Waals surface area contributed by atoms with Crippen molar-refractivity contribution in [3.8, 4) is 0 Å². The molecule has 0 radical (unpaired) electrons. The number of aromatic nitrogens is 4. The number of rotatable bonds is 2. The van der Waals surface area contributed by atoms with Crippen molar-refractivity contribution in [3.63, 3.8) is 0 Å². The average molecular weight is 191 g/mol. The van der Waals surface area contributed by atoms with E-state index in [0.717, 1.165) is 11.5 Å². The lowest BCUT2D eigenvalue weighted by atomic mass is 10.3. The highest BCUT2D eigenvalue weighted by Gasteiger charge is 2.05. The van der Waals surface area contributed by atoms with Crippen LogP contribution in [0.5, 0.6) is 0 Å². The standard InChI is InChI=1S/C9H13N5/c1-6(2)12-8-4-7(3)13-9-10-5-11-14(8)9/h4-6,12H,1-3H3. The molecule has 0 aromatic carbocycles. The predicted molar refractivity (Wildman–Crippen MR) is 54.3 cm³/mol. The summed E-state index contributed by atoms with van der Waals surface area (Å²) in [5, 5.41) is 7.39. The summed E-state index contributed by atoms with van der Waals surface area (Å²) in [5.41, 5.74) is 0.939. The first-order valence-corrected chi connectivity index (χ1v) is 4.61. The molecule has 5 heteroatoms. The Labute approximate surface area is 82.2 Å². The highest BCUT2D eigenvalue weighted by Crippen LogP contribution is 2.10. The lowest BCUT2D eigenvalue weighted by Gasteiger charge is -2.10. The van der Waals surface area contributed by atoms with Crippen LogP contribution in [-0.4, -0.2) is 25.6 Å². The zero-order valence-corrected chi connectivity index (χ0v) is 8.52. The Morgan fingerprint density at radius 3 is 2.93 bits per heavy atom. The molecule has 0 atom stereocenters. The maximum atomic E-state index is 4.25. The Kier molecular flexibility index (Phi) is 2.07. The van der Waals surface area contributed by atoms with Gasteiger partial charge in [-0.15, -0.1) is 0 Å². The zero-order valence-electron chi connectivity index (χ0n) is 8.52. The molecule has 0 spiro atoms. The summed E-state index contributed by atoms with van der Waals surface area (Å²) in [4.78, 5) is 8.30. The van der Waals surface area contributed by atoms with Crippen molar-refractivity contribution in [2.45, 2.75) is 26.8 Å². The molecule has 74 valence electrons. The van der Waals surface area contributed by atoms with Crippen LogP contribution in [0.1, 0.15) is 19.5 Å². The predicted octanol–water partition coefficient (Wildman–Crippen LogP) is 1.25. The van der Waals surface area contributed by atoms with Gasteiger partial charge < -0.3 is 5.32 Å². The molecule has 0 unspecified atom stereocenters. The highest BCUT2D eigenvalue weighted by atomic mass is 15.4. The van der Waals surface area contributed by atoms with Crippen molar-refractivity contribution in [1.29, 1.82) is 0 Å². The summed E-state index contributed by atoms with van der Waals surface area (Å²) in [6, 6.07) is 2.32. The number of nitrogens with zero attached hydrogens (tertiary/aromatic N) is 4. The van der Waals surface area contributed by atoms with Crippen LogP contribution in [0.2, 0.25) is 0 Å². The highest BCUT2D eigenvalue weighted by molar-refractivity contribution is 5.45. The van der Waals surface area contributed by atoms with Crippen molar-refractivity contribution in [3.05, 3.63) is 18.1 Å². The first-order valence-electron chi connectivity index (χ1n) is 4.61. The van der Waals surface area contributed by atoms with Crippen LogP contribution in [-0.2, 0) is 0 Å². The summed E-state index contributed by atoms with van der Waals surface area (Å²) in [7, 11) is 0. The van der Waals surface area contributed by atoms with Gasteiger partial charge in [0.15, 0.2) is 0 Å². The van der Waals surface area contributed by atoms with E-state index >= 15 is 0 Å². The Balaban J connectivity index is 2.55. The normalized spacial score (nSPS) is 11.1. The van der Waals surface area contributed by atoms with E-state index in [4.69, 9.17) is 0 Å². The van der Waals surface area contributed by atoms with Crippen molar-refractivity contribution >= 4 is 11.6 Å². The van der Waals surface area contributed by atoms with E-state index in [1.165, 1.54) is 6.33 Å². The number of fused-ring (bicyclic) bond motifs is 1. The quantitative estimate of drug-likeness (QED) is 0.776. The minimum Gasteiger partial charge on any atom is -0.368 e. The van der Waals surface area contributed by atoms with Gasteiger partial charge in [0.05, 0.1) is 0 Å². The van der Waals surface area contributed by atoms with E-state index in [-0.39, 0.29) is 0 Å². The van der Waals surface area contributed by atoms with Crippen LogP contribution in [0.15, 0.2) is 12.4 Å². The maximum Gasteiger partial charge on any atom is 0.254 e. The molecule has 1 N–H and O–H groups in total.